The second kappa shape index (κ2) is 5.40. The first-order valence-electron chi connectivity index (χ1n) is 5.52. The molecule has 1 aliphatic carbocycles. The number of hydrogen-bond donors (Lipinski definition) is 0. The number of allylic oxidation sites excluding steroid dienone is 1. The van der Waals surface area contributed by atoms with Gasteiger partial charge in [-0.1, -0.05) is 44.8 Å². The summed E-state index contributed by atoms with van der Waals surface area (Å²) in [7, 11) is 0. The lowest BCUT2D eigenvalue weighted by Gasteiger charge is -2.15. The van der Waals surface area contributed by atoms with E-state index in [0.717, 1.165) is 5.92 Å². The van der Waals surface area contributed by atoms with Crippen LogP contribution in [0.25, 0.3) is 0 Å². The highest BCUT2D eigenvalue weighted by atomic mass is 14.2. The molecule has 0 unspecified atom stereocenters. The highest BCUT2D eigenvalue weighted by Crippen LogP contribution is 2.30. The Morgan fingerprint density at radius 2 is 2.17 bits per heavy atom. The van der Waals surface area contributed by atoms with Crippen molar-refractivity contribution in [3.8, 4) is 0 Å². The van der Waals surface area contributed by atoms with Gasteiger partial charge < -0.3 is 0 Å². The van der Waals surface area contributed by atoms with Crippen LogP contribution < -0.4 is 0 Å². The Bertz CT molecular complexity index is 135. The van der Waals surface area contributed by atoms with Crippen LogP contribution in [0, 0.1) is 5.92 Å². The number of rotatable bonds is 3. The van der Waals surface area contributed by atoms with Gasteiger partial charge in [-0.05, 0) is 31.6 Å². The molecular formula is C12H22. The van der Waals surface area contributed by atoms with Crippen molar-refractivity contribution < 1.29 is 0 Å². The minimum Gasteiger partial charge on any atom is -0.0996 e. The molecule has 12 heavy (non-hydrogen) atoms. The average molecular weight is 166 g/mol. The molecular weight excluding hydrogens is 144 g/mol. The Balaban J connectivity index is 2.31. The first-order valence-corrected chi connectivity index (χ1v) is 5.52. The van der Waals surface area contributed by atoms with Crippen molar-refractivity contribution >= 4 is 0 Å². The molecule has 1 saturated carbocycles. The zero-order valence-corrected chi connectivity index (χ0v) is 8.44. The standard InChI is InChI=1S/C12H22/c1-3-4-9-12-10-7-5-6-8-11(12)2/h12H,2-10H2,1H3/t12-/m1/s1. The van der Waals surface area contributed by atoms with Crippen molar-refractivity contribution in [1.29, 1.82) is 0 Å². The minimum atomic E-state index is 0.868. The van der Waals surface area contributed by atoms with Crippen LogP contribution in [0.3, 0.4) is 0 Å². The fourth-order valence-corrected chi connectivity index (χ4v) is 2.13. The normalized spacial score (nSPS) is 25.4. The number of hydrogen-bond acceptors (Lipinski definition) is 0. The summed E-state index contributed by atoms with van der Waals surface area (Å²) < 4.78 is 0. The van der Waals surface area contributed by atoms with Gasteiger partial charge in [0.05, 0.1) is 0 Å². The van der Waals surface area contributed by atoms with Gasteiger partial charge in [0, 0.05) is 0 Å². The Morgan fingerprint density at radius 1 is 1.33 bits per heavy atom. The van der Waals surface area contributed by atoms with Crippen LogP contribution >= 0.6 is 0 Å². The van der Waals surface area contributed by atoms with Gasteiger partial charge in [0.2, 0.25) is 0 Å². The Hall–Kier alpha value is -0.260. The Morgan fingerprint density at radius 3 is 2.92 bits per heavy atom. The molecule has 0 nitrogen and oxygen atoms in total. The Kier molecular flexibility index (Phi) is 4.42. The largest absolute Gasteiger partial charge is 0.0996 e. The second-order valence-corrected chi connectivity index (χ2v) is 4.10. The molecule has 0 aliphatic heterocycles. The van der Waals surface area contributed by atoms with Crippen molar-refractivity contribution in [2.45, 2.75) is 58.3 Å². The molecule has 1 atom stereocenters. The molecule has 1 aliphatic rings. The van der Waals surface area contributed by atoms with Gasteiger partial charge in [0.1, 0.15) is 0 Å². The van der Waals surface area contributed by atoms with Gasteiger partial charge in [0.25, 0.3) is 0 Å². The summed E-state index contributed by atoms with van der Waals surface area (Å²) in [5, 5.41) is 0. The lowest BCUT2D eigenvalue weighted by molar-refractivity contribution is 0.489. The highest BCUT2D eigenvalue weighted by Gasteiger charge is 2.14. The SMILES string of the molecule is C=C1CCCCC[C@H]1CCCC. The fraction of sp³-hybridized carbons (Fsp3) is 0.833. The van der Waals surface area contributed by atoms with E-state index < -0.39 is 0 Å². The van der Waals surface area contributed by atoms with E-state index in [1.54, 1.807) is 5.57 Å². The molecule has 0 aromatic heterocycles. The molecule has 0 spiro atoms. The van der Waals surface area contributed by atoms with Gasteiger partial charge >= 0.3 is 0 Å². The van der Waals surface area contributed by atoms with Crippen molar-refractivity contribution in [2.75, 3.05) is 0 Å². The summed E-state index contributed by atoms with van der Waals surface area (Å²) in [6.45, 7) is 6.49. The maximum absolute atomic E-state index is 4.21. The molecule has 0 N–H and O–H groups in total. The van der Waals surface area contributed by atoms with E-state index in [-0.39, 0.29) is 0 Å². The summed E-state index contributed by atoms with van der Waals surface area (Å²) >= 11 is 0. The highest BCUT2D eigenvalue weighted by molar-refractivity contribution is 5.01. The molecule has 0 saturated heterocycles. The smallest absolute Gasteiger partial charge is 0.0206 e. The molecule has 0 heterocycles. The molecule has 1 fully saturated rings. The summed E-state index contributed by atoms with van der Waals surface area (Å²) in [5.74, 6) is 0.868. The van der Waals surface area contributed by atoms with E-state index in [2.05, 4.69) is 13.5 Å². The molecule has 0 amide bonds. The van der Waals surface area contributed by atoms with E-state index in [1.807, 2.05) is 0 Å². The van der Waals surface area contributed by atoms with Crippen LogP contribution in [-0.2, 0) is 0 Å². The third-order valence-corrected chi connectivity index (χ3v) is 3.03. The van der Waals surface area contributed by atoms with Crippen molar-refractivity contribution in [2.24, 2.45) is 5.92 Å². The van der Waals surface area contributed by atoms with E-state index in [1.165, 1.54) is 51.4 Å². The zero-order chi connectivity index (χ0) is 8.81. The molecule has 70 valence electrons. The average Bonchev–Trinajstić information content (AvgIpc) is 2.27. The van der Waals surface area contributed by atoms with Gasteiger partial charge in [0.15, 0.2) is 0 Å². The van der Waals surface area contributed by atoms with E-state index >= 15 is 0 Å². The summed E-state index contributed by atoms with van der Waals surface area (Å²) in [5.41, 5.74) is 1.54. The molecule has 0 aromatic rings. The van der Waals surface area contributed by atoms with Crippen LogP contribution in [0.1, 0.15) is 58.3 Å². The first kappa shape index (κ1) is 9.83. The maximum atomic E-state index is 4.21. The van der Waals surface area contributed by atoms with E-state index in [0.29, 0.717) is 0 Å². The van der Waals surface area contributed by atoms with Gasteiger partial charge in [-0.25, -0.2) is 0 Å². The van der Waals surface area contributed by atoms with Crippen LogP contribution in [0.5, 0.6) is 0 Å². The Labute approximate surface area is 77.1 Å². The molecule has 0 radical (unpaired) electrons. The zero-order valence-electron chi connectivity index (χ0n) is 8.44. The lowest BCUT2D eigenvalue weighted by atomic mass is 9.90. The summed E-state index contributed by atoms with van der Waals surface area (Å²) in [4.78, 5) is 0. The molecule has 1 rings (SSSR count). The van der Waals surface area contributed by atoms with Crippen molar-refractivity contribution in [1.82, 2.24) is 0 Å². The summed E-state index contributed by atoms with van der Waals surface area (Å²) in [6, 6.07) is 0. The van der Waals surface area contributed by atoms with Gasteiger partial charge in [-0.15, -0.1) is 0 Å². The maximum Gasteiger partial charge on any atom is -0.0206 e. The van der Waals surface area contributed by atoms with Crippen molar-refractivity contribution in [3.05, 3.63) is 12.2 Å². The van der Waals surface area contributed by atoms with Crippen LogP contribution in [0.15, 0.2) is 12.2 Å². The third kappa shape index (κ3) is 3.00. The minimum absolute atomic E-state index is 0.868. The van der Waals surface area contributed by atoms with Crippen LogP contribution in [0.4, 0.5) is 0 Å². The topological polar surface area (TPSA) is 0 Å². The third-order valence-electron chi connectivity index (χ3n) is 3.03. The van der Waals surface area contributed by atoms with Crippen molar-refractivity contribution in [3.63, 3.8) is 0 Å². The summed E-state index contributed by atoms with van der Waals surface area (Å²) in [6.07, 6.45) is 11.1. The van der Waals surface area contributed by atoms with Gasteiger partial charge in [-0.2, -0.15) is 0 Å². The van der Waals surface area contributed by atoms with Gasteiger partial charge in [-0.3, -0.25) is 0 Å². The first-order chi connectivity index (χ1) is 5.84. The number of unbranched alkanes of at least 4 members (excludes halogenated alkanes) is 1. The quantitative estimate of drug-likeness (QED) is 0.433. The fourth-order valence-electron chi connectivity index (χ4n) is 2.13. The van der Waals surface area contributed by atoms with E-state index in [9.17, 15) is 0 Å². The monoisotopic (exact) mass is 166 g/mol. The molecule has 0 aromatic carbocycles. The van der Waals surface area contributed by atoms with E-state index in [4.69, 9.17) is 0 Å². The molecule has 0 heteroatoms. The second-order valence-electron chi connectivity index (χ2n) is 4.10. The predicted molar refractivity (Wildman–Crippen MR) is 55.2 cm³/mol. The lowest BCUT2D eigenvalue weighted by Crippen LogP contribution is -2.01. The molecule has 0 bridgehead atoms. The van der Waals surface area contributed by atoms with Crippen LogP contribution in [-0.4, -0.2) is 0 Å². The van der Waals surface area contributed by atoms with Crippen LogP contribution in [0.2, 0.25) is 0 Å². The predicted octanol–water partition coefficient (Wildman–Crippen LogP) is 4.31.